The number of phenols is 1. The van der Waals surface area contributed by atoms with Gasteiger partial charge in [0, 0.05) is 17.0 Å². The van der Waals surface area contributed by atoms with Gasteiger partial charge in [-0.2, -0.15) is 0 Å². The summed E-state index contributed by atoms with van der Waals surface area (Å²) in [5.41, 5.74) is 1.07. The van der Waals surface area contributed by atoms with Crippen molar-refractivity contribution in [3.8, 4) is 5.75 Å². The number of aromatic hydroxyl groups is 1. The molecule has 0 saturated carbocycles. The van der Waals surface area contributed by atoms with Crippen LogP contribution >= 0.6 is 0 Å². The summed E-state index contributed by atoms with van der Waals surface area (Å²) in [6.07, 6.45) is 0. The fraction of sp³-hybridized carbons (Fsp3) is 0.0625. The molecule has 0 aliphatic heterocycles. The molecule has 0 spiro atoms. The number of amides is 1. The highest BCUT2D eigenvalue weighted by Gasteiger charge is 2.19. The summed E-state index contributed by atoms with van der Waals surface area (Å²) < 4.78 is 5.53. The van der Waals surface area contributed by atoms with Crippen LogP contribution < -0.4 is 5.32 Å². The smallest absolute Gasteiger partial charge is 0.291 e. The minimum absolute atomic E-state index is 0.0699. The Morgan fingerprint density at radius 1 is 1.26 bits per heavy atom. The molecule has 0 radical (unpaired) electrons. The van der Waals surface area contributed by atoms with Gasteiger partial charge < -0.3 is 14.8 Å². The Labute approximate surface area is 130 Å². The van der Waals surface area contributed by atoms with E-state index in [0.717, 1.165) is 11.5 Å². The lowest BCUT2D eigenvalue weighted by Gasteiger charge is -2.06. The van der Waals surface area contributed by atoms with Crippen molar-refractivity contribution in [2.75, 3.05) is 5.32 Å². The number of nitro groups is 1. The van der Waals surface area contributed by atoms with Crippen molar-refractivity contribution in [1.29, 1.82) is 0 Å². The molecular formula is C16H12N2O5. The zero-order chi connectivity index (χ0) is 16.6. The number of benzene rings is 2. The molecule has 0 unspecified atom stereocenters. The normalized spacial score (nSPS) is 10.7. The average molecular weight is 312 g/mol. The van der Waals surface area contributed by atoms with Gasteiger partial charge in [-0.15, -0.1) is 0 Å². The summed E-state index contributed by atoms with van der Waals surface area (Å²) in [6.45, 7) is 1.76. The molecule has 1 heterocycles. The molecule has 116 valence electrons. The largest absolute Gasteiger partial charge is 0.506 e. The highest BCUT2D eigenvalue weighted by molar-refractivity contribution is 6.07. The number of hydrogen-bond acceptors (Lipinski definition) is 5. The van der Waals surface area contributed by atoms with E-state index in [1.165, 1.54) is 12.1 Å². The van der Waals surface area contributed by atoms with E-state index in [1.807, 2.05) is 12.1 Å². The number of hydrogen-bond donors (Lipinski definition) is 2. The Morgan fingerprint density at radius 3 is 2.65 bits per heavy atom. The van der Waals surface area contributed by atoms with Gasteiger partial charge in [0.05, 0.1) is 16.7 Å². The Hall–Kier alpha value is -3.35. The third-order valence-electron chi connectivity index (χ3n) is 3.49. The number of non-ortho nitro benzene ring substituents is 1. The van der Waals surface area contributed by atoms with E-state index in [1.54, 1.807) is 19.1 Å². The highest BCUT2D eigenvalue weighted by atomic mass is 16.6. The second kappa shape index (κ2) is 5.45. The van der Waals surface area contributed by atoms with Gasteiger partial charge in [-0.3, -0.25) is 14.9 Å². The summed E-state index contributed by atoms with van der Waals surface area (Å²) in [7, 11) is 0. The third kappa shape index (κ3) is 2.59. The first-order valence-electron chi connectivity index (χ1n) is 6.74. The first-order chi connectivity index (χ1) is 11.0. The van der Waals surface area contributed by atoms with Crippen LogP contribution in [-0.4, -0.2) is 15.9 Å². The van der Waals surface area contributed by atoms with Gasteiger partial charge in [0.1, 0.15) is 11.3 Å². The first kappa shape index (κ1) is 14.6. The van der Waals surface area contributed by atoms with Crippen molar-refractivity contribution >= 4 is 28.3 Å². The number of nitro benzene ring substituents is 1. The van der Waals surface area contributed by atoms with Crippen LogP contribution in [0.1, 0.15) is 16.1 Å². The Balaban J connectivity index is 1.92. The van der Waals surface area contributed by atoms with Gasteiger partial charge in [0.2, 0.25) is 0 Å². The molecule has 7 nitrogen and oxygen atoms in total. The molecule has 0 bridgehead atoms. The maximum atomic E-state index is 12.3. The summed E-state index contributed by atoms with van der Waals surface area (Å²) in [5.74, 6) is -0.798. The second-order valence-corrected chi connectivity index (χ2v) is 4.97. The van der Waals surface area contributed by atoms with Gasteiger partial charge in [-0.25, -0.2) is 0 Å². The van der Waals surface area contributed by atoms with Crippen molar-refractivity contribution in [3.05, 3.63) is 63.9 Å². The number of carbonyl (C=O) groups is 1. The fourth-order valence-electron chi connectivity index (χ4n) is 2.31. The summed E-state index contributed by atoms with van der Waals surface area (Å²) >= 11 is 0. The van der Waals surface area contributed by atoms with Crippen LogP contribution in [0.15, 0.2) is 46.9 Å². The quantitative estimate of drug-likeness (QED) is 0.436. The van der Waals surface area contributed by atoms with Gasteiger partial charge >= 0.3 is 0 Å². The molecule has 3 rings (SSSR count). The molecule has 0 saturated heterocycles. The van der Waals surface area contributed by atoms with Gasteiger partial charge in [0.15, 0.2) is 5.76 Å². The van der Waals surface area contributed by atoms with E-state index in [2.05, 4.69) is 5.32 Å². The van der Waals surface area contributed by atoms with Crippen LogP contribution in [0.3, 0.4) is 0 Å². The van der Waals surface area contributed by atoms with Gasteiger partial charge in [-0.05, 0) is 19.1 Å². The molecule has 2 aromatic carbocycles. The van der Waals surface area contributed by atoms with Crippen molar-refractivity contribution < 1.29 is 19.2 Å². The van der Waals surface area contributed by atoms with Crippen molar-refractivity contribution in [2.24, 2.45) is 0 Å². The molecule has 2 N–H and O–H groups in total. The monoisotopic (exact) mass is 312 g/mol. The predicted octanol–water partition coefficient (Wildman–Crippen LogP) is 3.61. The number of rotatable bonds is 3. The molecule has 3 aromatic rings. The number of para-hydroxylation sites is 1. The fourth-order valence-corrected chi connectivity index (χ4v) is 2.31. The minimum Gasteiger partial charge on any atom is -0.506 e. The number of fused-ring (bicyclic) bond motifs is 1. The number of aryl methyl sites for hydroxylation is 1. The lowest BCUT2D eigenvalue weighted by atomic mass is 10.1. The lowest BCUT2D eigenvalue weighted by molar-refractivity contribution is -0.384. The SMILES string of the molecule is Cc1c(C(=O)Nc2ccc([N+](=O)[O-])cc2O)oc2ccccc12. The first-order valence-corrected chi connectivity index (χ1v) is 6.74. The third-order valence-corrected chi connectivity index (χ3v) is 3.49. The van der Waals surface area contributed by atoms with Crippen molar-refractivity contribution in [1.82, 2.24) is 0 Å². The molecule has 0 fully saturated rings. The number of furan rings is 1. The van der Waals surface area contributed by atoms with Crippen LogP contribution in [-0.2, 0) is 0 Å². The van der Waals surface area contributed by atoms with Gasteiger partial charge in [0.25, 0.3) is 11.6 Å². The topological polar surface area (TPSA) is 106 Å². The maximum absolute atomic E-state index is 12.3. The Bertz CT molecular complexity index is 929. The second-order valence-electron chi connectivity index (χ2n) is 4.97. The van der Waals surface area contributed by atoms with Gasteiger partial charge in [-0.1, -0.05) is 18.2 Å². The average Bonchev–Trinajstić information content (AvgIpc) is 2.87. The zero-order valence-corrected chi connectivity index (χ0v) is 12.1. The van der Waals surface area contributed by atoms with Crippen LogP contribution in [0.2, 0.25) is 0 Å². The van der Waals surface area contributed by atoms with E-state index in [-0.39, 0.29) is 22.9 Å². The molecule has 1 amide bonds. The molecule has 0 aliphatic rings. The van der Waals surface area contributed by atoms with Crippen LogP contribution in [0, 0.1) is 17.0 Å². The zero-order valence-electron chi connectivity index (χ0n) is 12.1. The van der Waals surface area contributed by atoms with E-state index >= 15 is 0 Å². The maximum Gasteiger partial charge on any atom is 0.291 e. The molecule has 7 heteroatoms. The molecule has 0 atom stereocenters. The summed E-state index contributed by atoms with van der Waals surface area (Å²) in [6, 6.07) is 10.7. The van der Waals surface area contributed by atoms with E-state index in [9.17, 15) is 20.0 Å². The Kier molecular flexibility index (Phi) is 3.46. The summed E-state index contributed by atoms with van der Waals surface area (Å²) in [5, 5.41) is 23.8. The van der Waals surface area contributed by atoms with Crippen LogP contribution in [0.4, 0.5) is 11.4 Å². The summed E-state index contributed by atoms with van der Waals surface area (Å²) in [4.78, 5) is 22.3. The van der Waals surface area contributed by atoms with Crippen molar-refractivity contribution in [3.63, 3.8) is 0 Å². The van der Waals surface area contributed by atoms with Crippen molar-refractivity contribution in [2.45, 2.75) is 6.92 Å². The number of nitrogens with zero attached hydrogens (tertiary/aromatic N) is 1. The standard InChI is InChI=1S/C16H12N2O5/c1-9-11-4-2-3-5-14(11)23-15(9)16(20)17-12-7-6-10(18(21)22)8-13(12)19/h2-8,19H,1H3,(H,17,20). The number of phenolic OH excluding ortho intramolecular Hbond substituents is 1. The van der Waals surface area contributed by atoms with Crippen LogP contribution in [0.25, 0.3) is 11.0 Å². The predicted molar refractivity (Wildman–Crippen MR) is 83.7 cm³/mol. The number of carbonyl (C=O) groups excluding carboxylic acids is 1. The van der Waals surface area contributed by atoms with E-state index in [4.69, 9.17) is 4.42 Å². The van der Waals surface area contributed by atoms with E-state index in [0.29, 0.717) is 11.1 Å². The molecular weight excluding hydrogens is 300 g/mol. The van der Waals surface area contributed by atoms with Crippen LogP contribution in [0.5, 0.6) is 5.75 Å². The lowest BCUT2D eigenvalue weighted by Crippen LogP contribution is -2.12. The molecule has 23 heavy (non-hydrogen) atoms. The van der Waals surface area contributed by atoms with E-state index < -0.39 is 10.8 Å². The number of anilines is 1. The number of nitrogens with one attached hydrogen (secondary N) is 1. The molecule has 0 aliphatic carbocycles. The molecule has 1 aromatic heterocycles. The minimum atomic E-state index is -0.630. The Morgan fingerprint density at radius 2 is 2.00 bits per heavy atom. The highest BCUT2D eigenvalue weighted by Crippen LogP contribution is 2.30.